The highest BCUT2D eigenvalue weighted by Crippen LogP contribution is 2.54. The third-order valence-corrected chi connectivity index (χ3v) is 14.7. The molecular weight excluding hydrogens is 712 g/mol. The van der Waals surface area contributed by atoms with Gasteiger partial charge in [0.15, 0.2) is 5.79 Å². The zero-order valence-corrected chi connectivity index (χ0v) is 32.1. The molecule has 21 atom stereocenters. The molecule has 11 aliphatic rings. The molecule has 13 nitrogen and oxygen atoms in total. The Kier molecular flexibility index (Phi) is 9.88. The highest BCUT2D eigenvalue weighted by Gasteiger charge is 2.69. The first-order valence-corrected chi connectivity index (χ1v) is 21.2. The number of esters is 1. The van der Waals surface area contributed by atoms with Crippen LogP contribution in [0.4, 0.5) is 0 Å². The van der Waals surface area contributed by atoms with Crippen LogP contribution in [0.3, 0.4) is 0 Å². The van der Waals surface area contributed by atoms with Crippen molar-refractivity contribution in [1.82, 2.24) is 0 Å². The van der Waals surface area contributed by atoms with Crippen LogP contribution in [-0.4, -0.2) is 133 Å². The van der Waals surface area contributed by atoms with E-state index in [0.29, 0.717) is 32.1 Å². The molecule has 11 aliphatic heterocycles. The summed E-state index contributed by atoms with van der Waals surface area (Å²) in [5.74, 6) is -1.24. The van der Waals surface area contributed by atoms with Gasteiger partial charge in [-0.25, -0.2) is 0 Å². The van der Waals surface area contributed by atoms with E-state index in [1.165, 1.54) is 0 Å². The van der Waals surface area contributed by atoms with Crippen LogP contribution in [-0.2, 0) is 57.0 Å². The highest BCUT2D eigenvalue weighted by atomic mass is 16.8. The second-order valence-electron chi connectivity index (χ2n) is 18.4. The number of rotatable bonds is 2. The molecule has 304 valence electrons. The lowest BCUT2D eigenvalue weighted by Crippen LogP contribution is -2.62. The number of carbonyl (C=O) groups is 2. The molecule has 11 rings (SSSR count). The van der Waals surface area contributed by atoms with Gasteiger partial charge >= 0.3 is 5.97 Å². The smallest absolute Gasteiger partial charge is 0.308 e. The fourth-order valence-electron chi connectivity index (χ4n) is 11.8. The number of aliphatic hydroxyl groups is 1. The van der Waals surface area contributed by atoms with Crippen molar-refractivity contribution in [3.05, 3.63) is 24.3 Å². The molecular formula is C42H58O13. The summed E-state index contributed by atoms with van der Waals surface area (Å²) >= 11 is 0. The van der Waals surface area contributed by atoms with E-state index in [2.05, 4.69) is 20.1 Å². The van der Waals surface area contributed by atoms with Crippen molar-refractivity contribution >= 4 is 12.3 Å². The Balaban J connectivity index is 0.936. The van der Waals surface area contributed by atoms with Crippen LogP contribution in [0.1, 0.15) is 97.3 Å². The minimum atomic E-state index is -0.840. The first kappa shape index (κ1) is 37.5. The van der Waals surface area contributed by atoms with Crippen molar-refractivity contribution in [2.24, 2.45) is 11.8 Å². The van der Waals surface area contributed by atoms with Crippen molar-refractivity contribution < 1.29 is 62.1 Å². The monoisotopic (exact) mass is 770 g/mol. The van der Waals surface area contributed by atoms with E-state index >= 15 is 0 Å². The summed E-state index contributed by atoms with van der Waals surface area (Å²) < 4.78 is 66.7. The van der Waals surface area contributed by atoms with Gasteiger partial charge in [0.1, 0.15) is 42.9 Å². The van der Waals surface area contributed by atoms with Gasteiger partial charge in [0.25, 0.3) is 0 Å². The number of fused-ring (bicyclic) bond motifs is 7. The maximum absolute atomic E-state index is 14.0. The molecule has 1 spiro atoms. The molecule has 1 unspecified atom stereocenters. The van der Waals surface area contributed by atoms with Gasteiger partial charge in [-0.15, -0.1) is 0 Å². The first-order valence-electron chi connectivity index (χ1n) is 21.2. The molecule has 0 amide bonds. The summed E-state index contributed by atoms with van der Waals surface area (Å²) in [7, 11) is 0. The molecule has 11 heterocycles. The summed E-state index contributed by atoms with van der Waals surface area (Å²) in [4.78, 5) is 25.5. The van der Waals surface area contributed by atoms with Gasteiger partial charge in [-0.3, -0.25) is 4.79 Å². The normalized spacial score (nSPS) is 54.9. The Morgan fingerprint density at radius 3 is 2.29 bits per heavy atom. The van der Waals surface area contributed by atoms with E-state index in [4.69, 9.17) is 47.4 Å². The molecule has 11 fully saturated rings. The second-order valence-corrected chi connectivity index (χ2v) is 18.4. The van der Waals surface area contributed by atoms with Gasteiger partial charge in [0.2, 0.25) is 0 Å². The van der Waals surface area contributed by atoms with E-state index in [1.807, 2.05) is 6.92 Å². The van der Waals surface area contributed by atoms with Crippen molar-refractivity contribution in [3.63, 3.8) is 0 Å². The maximum Gasteiger partial charge on any atom is 0.308 e. The van der Waals surface area contributed by atoms with E-state index in [9.17, 15) is 14.7 Å². The fraction of sp³-hybridized carbons (Fsp3) is 0.857. The van der Waals surface area contributed by atoms with E-state index < -0.39 is 54.6 Å². The number of ether oxygens (including phenoxy) is 10. The summed E-state index contributed by atoms with van der Waals surface area (Å²) in [6.45, 7) is 13.1. The lowest BCUT2D eigenvalue weighted by atomic mass is 9.79. The maximum atomic E-state index is 14.0. The minimum absolute atomic E-state index is 0.00658. The lowest BCUT2D eigenvalue weighted by Gasteiger charge is -2.51. The van der Waals surface area contributed by atoms with Crippen LogP contribution in [0.2, 0.25) is 0 Å². The Morgan fingerprint density at radius 2 is 1.44 bits per heavy atom. The molecule has 0 aromatic rings. The Hall–Kier alpha value is -1.78. The molecule has 0 saturated carbocycles. The van der Waals surface area contributed by atoms with Crippen molar-refractivity contribution in [1.29, 1.82) is 0 Å². The predicted molar refractivity (Wildman–Crippen MR) is 192 cm³/mol. The molecule has 12 bridgehead atoms. The quantitative estimate of drug-likeness (QED) is 0.247. The molecule has 0 aliphatic carbocycles. The van der Waals surface area contributed by atoms with Crippen molar-refractivity contribution in [2.45, 2.75) is 213 Å². The summed E-state index contributed by atoms with van der Waals surface area (Å²) in [5, 5.41) is 10.9. The SMILES string of the molecule is C=C1C[C@@H]2CC[C@@]34C[C@@H]5OC6[C@@H](O[C@H]7CC[C@H](CC(=O)O[C@@H]8[C@@H](C)[C@@H]9O[C@H](CC=O)[C@H](O)C[C@@H]9O[C@H]8C[C@H]8O[C@@H](CC[C@@H]1O2)C[C@@H](C)C8=C)O[C@@H]7[C@@H]6O3)[C@H]5O4. The van der Waals surface area contributed by atoms with Crippen LogP contribution in [0, 0.1) is 11.8 Å². The number of aldehydes is 1. The lowest BCUT2D eigenvalue weighted by molar-refractivity contribution is -0.293. The Labute approximate surface area is 323 Å². The summed E-state index contributed by atoms with van der Waals surface area (Å²) in [6, 6.07) is 0. The Morgan fingerprint density at radius 1 is 0.691 bits per heavy atom. The van der Waals surface area contributed by atoms with Gasteiger partial charge in [-0.2, -0.15) is 0 Å². The highest BCUT2D eigenvalue weighted by molar-refractivity contribution is 5.70. The molecule has 0 aromatic carbocycles. The Bertz CT molecular complexity index is 1520. The average Bonchev–Trinajstić information content (AvgIpc) is 3.74. The van der Waals surface area contributed by atoms with Gasteiger partial charge in [0, 0.05) is 38.0 Å². The zero-order valence-electron chi connectivity index (χ0n) is 32.1. The summed E-state index contributed by atoms with van der Waals surface area (Å²) in [6.07, 6.45) is 2.37. The number of hydrogen-bond acceptors (Lipinski definition) is 13. The van der Waals surface area contributed by atoms with Crippen molar-refractivity contribution in [3.8, 4) is 0 Å². The molecule has 11 saturated heterocycles. The van der Waals surface area contributed by atoms with Crippen LogP contribution < -0.4 is 0 Å². The van der Waals surface area contributed by atoms with Crippen LogP contribution in [0.25, 0.3) is 0 Å². The second kappa shape index (κ2) is 14.5. The number of carbonyl (C=O) groups excluding carboxylic acids is 2. The van der Waals surface area contributed by atoms with E-state index in [-0.39, 0.29) is 91.7 Å². The minimum Gasteiger partial charge on any atom is -0.459 e. The number of hydrogen-bond donors (Lipinski definition) is 1. The van der Waals surface area contributed by atoms with Crippen molar-refractivity contribution in [2.75, 3.05) is 0 Å². The standard InChI is InChI=1S/C42H58O13/c1-19-13-23-5-7-27-20(2)14-25(46-27)9-11-42-18-33-38(54-42)39-40(52-33)41(55-42)37-29(51-39)8-6-24(48-37)15-34(45)53-36-22(4)35-31(16-26(44)28(50-35)10-12-43)49-32(36)17-30(47-23)21(19)3/h12,19,22-33,35-41,44H,2-3,5-11,13-18H2,1,4H3/t19-,22+,23+,24-,25+,26-,27+,28-,29+,30-,31+,32+,33+,35+,36-,37+,38+,39+,40?,41+,42+/m1/s1. The molecule has 13 heteroatoms. The van der Waals surface area contributed by atoms with Gasteiger partial charge in [0.05, 0.1) is 79.7 Å². The molecule has 1 N–H and O–H groups in total. The first-order chi connectivity index (χ1) is 26.5. The summed E-state index contributed by atoms with van der Waals surface area (Å²) in [5.41, 5.74) is 2.12. The van der Waals surface area contributed by atoms with Crippen LogP contribution in [0.15, 0.2) is 24.3 Å². The number of aliphatic hydroxyl groups excluding tert-OH is 1. The van der Waals surface area contributed by atoms with E-state index in [0.717, 1.165) is 56.0 Å². The van der Waals surface area contributed by atoms with E-state index in [1.54, 1.807) is 0 Å². The average molecular weight is 771 g/mol. The largest absolute Gasteiger partial charge is 0.459 e. The molecule has 0 radical (unpaired) electrons. The van der Waals surface area contributed by atoms with Gasteiger partial charge in [-0.1, -0.05) is 27.0 Å². The third kappa shape index (κ3) is 6.70. The van der Waals surface area contributed by atoms with Gasteiger partial charge in [-0.05, 0) is 62.0 Å². The van der Waals surface area contributed by atoms with Gasteiger partial charge < -0.3 is 57.3 Å². The molecule has 55 heavy (non-hydrogen) atoms. The zero-order chi connectivity index (χ0) is 37.7. The third-order valence-electron chi connectivity index (χ3n) is 14.7. The fourth-order valence-corrected chi connectivity index (χ4v) is 11.8. The molecule has 0 aromatic heterocycles. The van der Waals surface area contributed by atoms with Crippen LogP contribution in [0.5, 0.6) is 0 Å². The topological polar surface area (TPSA) is 147 Å². The predicted octanol–water partition coefficient (Wildman–Crippen LogP) is 3.79. The van der Waals surface area contributed by atoms with Crippen LogP contribution >= 0.6 is 0 Å².